The first-order chi connectivity index (χ1) is 41.7. The number of para-hydroxylation sites is 4. The lowest BCUT2D eigenvalue weighted by Gasteiger charge is -2.29. The quantitative estimate of drug-likeness (QED) is 0.172. The highest BCUT2D eigenvalue weighted by atomic mass is 15.1. The van der Waals surface area contributed by atoms with Crippen molar-refractivity contribution in [3.63, 3.8) is 0 Å². The molecule has 0 spiro atoms. The van der Waals surface area contributed by atoms with E-state index in [1.165, 1.54) is 0 Å². The first-order valence-corrected chi connectivity index (χ1v) is 28.5. The van der Waals surface area contributed by atoms with Gasteiger partial charge in [-0.25, -0.2) is 0 Å². The zero-order valence-corrected chi connectivity index (χ0v) is 45.1. The Labute approximate surface area is 480 Å². The number of benzene rings is 14. The molecule has 14 aromatic carbocycles. The van der Waals surface area contributed by atoms with E-state index in [4.69, 9.17) is 0 Å². The minimum absolute atomic E-state index is 0.488. The number of hydrogen-bond acceptors (Lipinski definition) is 2. The van der Waals surface area contributed by atoms with Crippen LogP contribution in [0.25, 0.3) is 164 Å². The zero-order chi connectivity index (χ0) is 55.3. The Balaban J connectivity index is 1.20. The van der Waals surface area contributed by atoms with Gasteiger partial charge in [0.15, 0.2) is 0 Å². The fourth-order valence-corrected chi connectivity index (χ4v) is 14.6. The van der Waals surface area contributed by atoms with Crippen molar-refractivity contribution in [2.75, 3.05) is 0 Å². The normalized spacial score (nSPS) is 12.0. The number of nitrogens with zero attached hydrogens (tertiary/aromatic N) is 6. The van der Waals surface area contributed by atoms with Crippen molar-refractivity contribution in [1.82, 2.24) is 18.3 Å². The molecule has 4 heterocycles. The van der Waals surface area contributed by atoms with Crippen molar-refractivity contribution in [3.05, 3.63) is 278 Å². The van der Waals surface area contributed by atoms with Gasteiger partial charge in [-0.3, -0.25) is 0 Å². The second-order valence-electron chi connectivity index (χ2n) is 22.1. The third-order valence-corrected chi connectivity index (χ3v) is 18.0. The maximum Gasteiger partial charge on any atom is 0.104 e. The van der Waals surface area contributed by atoms with Crippen LogP contribution in [0.15, 0.2) is 267 Å². The molecular weight excluding hydrogens is 1020 g/mol. The van der Waals surface area contributed by atoms with Gasteiger partial charge in [0.05, 0.1) is 78.5 Å². The maximum absolute atomic E-state index is 13.2. The van der Waals surface area contributed by atoms with Crippen molar-refractivity contribution < 1.29 is 0 Å². The zero-order valence-electron chi connectivity index (χ0n) is 45.1. The molecular formula is C78H44N6. The van der Waals surface area contributed by atoms with Gasteiger partial charge in [-0.1, -0.05) is 206 Å². The molecule has 0 amide bonds. The molecule has 0 saturated carbocycles. The van der Waals surface area contributed by atoms with Gasteiger partial charge in [0, 0.05) is 48.7 Å². The molecule has 0 N–H and O–H groups in total. The summed E-state index contributed by atoms with van der Waals surface area (Å²) in [5, 5.41) is 41.7. The summed E-state index contributed by atoms with van der Waals surface area (Å²) in [5.74, 6) is 0. The minimum Gasteiger partial charge on any atom is -0.306 e. The van der Waals surface area contributed by atoms with Gasteiger partial charge in [-0.15, -0.1) is 0 Å². The number of hydrogen-bond donors (Lipinski definition) is 0. The summed E-state index contributed by atoms with van der Waals surface area (Å²) in [7, 11) is 0. The van der Waals surface area contributed by atoms with Crippen LogP contribution >= 0.6 is 0 Å². The standard InChI is InChI=1S/C78H44N6/c79-45-47-33-35-52(36-34-47)70-77(83-64-31-15-11-27-59(64)73-55-23-7-3-19-50(55)39-43-68(73)83)75(81-62-29-13-9-25-57(62)71-53-21-5-1-17-48(53)37-41-66(71)81)61(46-80)76(82-63-30-14-10-26-58(63)72-54-22-6-2-18-49(54)38-42-67(72)82)78(70)84-65-32-16-12-28-60(65)74-56-24-8-4-20-51(56)40-44-69(74)84/h1-44H. The SMILES string of the molecule is N#Cc1ccc(-c2c(-n3c4ccccc4c4c5ccccc5ccc43)c(-n3c4ccccc4c4c5ccccc5ccc43)c(C#N)c(-n3c4ccccc4c4c5ccccc5ccc43)c2-n2c3ccccc3c3c4ccccc4ccc32)cc1. The summed E-state index contributed by atoms with van der Waals surface area (Å²) in [5.41, 5.74) is 13.8. The highest BCUT2D eigenvalue weighted by Gasteiger charge is 2.35. The number of nitriles is 2. The molecule has 0 atom stereocenters. The van der Waals surface area contributed by atoms with Gasteiger partial charge in [0.1, 0.15) is 11.6 Å². The maximum atomic E-state index is 13.2. The van der Waals surface area contributed by atoms with Crippen LogP contribution in [0.3, 0.4) is 0 Å². The first-order valence-electron chi connectivity index (χ1n) is 28.5. The average Bonchev–Trinajstić information content (AvgIpc) is 1.81. The fourth-order valence-electron chi connectivity index (χ4n) is 14.6. The van der Waals surface area contributed by atoms with E-state index in [0.29, 0.717) is 11.1 Å². The van der Waals surface area contributed by atoms with E-state index >= 15 is 0 Å². The van der Waals surface area contributed by atoms with Crippen LogP contribution in [-0.4, -0.2) is 18.3 Å². The molecule has 6 nitrogen and oxygen atoms in total. The van der Waals surface area contributed by atoms with E-state index in [1.54, 1.807) is 0 Å². The lowest BCUT2D eigenvalue weighted by Crippen LogP contribution is -2.16. The summed E-state index contributed by atoms with van der Waals surface area (Å²) in [6.07, 6.45) is 0. The summed E-state index contributed by atoms with van der Waals surface area (Å²) >= 11 is 0. The fraction of sp³-hybridized carbons (Fsp3) is 0. The second kappa shape index (κ2) is 17.4. The van der Waals surface area contributed by atoms with Crippen LogP contribution in [-0.2, 0) is 0 Å². The highest BCUT2D eigenvalue weighted by molar-refractivity contribution is 6.27. The van der Waals surface area contributed by atoms with Crippen molar-refractivity contribution in [1.29, 1.82) is 10.5 Å². The van der Waals surface area contributed by atoms with Crippen LogP contribution in [0.4, 0.5) is 0 Å². The van der Waals surface area contributed by atoms with Crippen LogP contribution in [0.2, 0.25) is 0 Å². The van der Waals surface area contributed by atoms with Crippen LogP contribution in [0, 0.1) is 22.7 Å². The largest absolute Gasteiger partial charge is 0.306 e. The summed E-state index contributed by atoms with van der Waals surface area (Å²) in [4.78, 5) is 0. The predicted molar refractivity (Wildman–Crippen MR) is 349 cm³/mol. The summed E-state index contributed by atoms with van der Waals surface area (Å²) < 4.78 is 9.71. The molecule has 386 valence electrons. The molecule has 0 saturated heterocycles. The summed E-state index contributed by atoms with van der Waals surface area (Å²) in [6.45, 7) is 0. The molecule has 18 aromatic rings. The van der Waals surface area contributed by atoms with Crippen molar-refractivity contribution in [2.45, 2.75) is 0 Å². The van der Waals surface area contributed by atoms with E-state index in [-0.39, 0.29) is 0 Å². The van der Waals surface area contributed by atoms with Gasteiger partial charge >= 0.3 is 0 Å². The molecule has 0 aliphatic heterocycles. The monoisotopic (exact) mass is 1060 g/mol. The summed E-state index contributed by atoms with van der Waals surface area (Å²) in [6, 6.07) is 101. The van der Waals surface area contributed by atoms with E-state index < -0.39 is 0 Å². The molecule has 0 unspecified atom stereocenters. The van der Waals surface area contributed by atoms with Crippen molar-refractivity contribution in [3.8, 4) is 46.0 Å². The number of rotatable bonds is 5. The Bertz CT molecular complexity index is 5680. The van der Waals surface area contributed by atoms with Crippen molar-refractivity contribution >= 4 is 130 Å². The Kier molecular flexibility index (Phi) is 9.55. The molecule has 18 rings (SSSR count). The molecule has 84 heavy (non-hydrogen) atoms. The Morgan fingerprint density at radius 3 is 0.798 bits per heavy atom. The van der Waals surface area contributed by atoms with Gasteiger partial charge in [-0.05, 0) is 109 Å². The lowest BCUT2D eigenvalue weighted by atomic mass is 9.93. The number of fused-ring (bicyclic) bond motifs is 20. The van der Waals surface area contributed by atoms with Crippen LogP contribution < -0.4 is 0 Å². The molecule has 0 bridgehead atoms. The predicted octanol–water partition coefficient (Wildman–Crippen LogP) is 20.1. The number of aromatic nitrogens is 4. The third-order valence-electron chi connectivity index (χ3n) is 18.0. The molecule has 0 radical (unpaired) electrons. The topological polar surface area (TPSA) is 67.3 Å². The third kappa shape index (κ3) is 6.15. The smallest absolute Gasteiger partial charge is 0.104 e. The van der Waals surface area contributed by atoms with Gasteiger partial charge in [0.2, 0.25) is 0 Å². The van der Waals surface area contributed by atoms with Crippen LogP contribution in [0.5, 0.6) is 0 Å². The van der Waals surface area contributed by atoms with E-state index in [2.05, 4.69) is 285 Å². The molecule has 0 aliphatic rings. The minimum atomic E-state index is 0.488. The van der Waals surface area contributed by atoms with Gasteiger partial charge in [0.25, 0.3) is 0 Å². The highest BCUT2D eigenvalue weighted by Crippen LogP contribution is 2.53. The van der Waals surface area contributed by atoms with Crippen LogP contribution in [0.1, 0.15) is 11.1 Å². The Morgan fingerprint density at radius 1 is 0.226 bits per heavy atom. The van der Waals surface area contributed by atoms with E-state index in [1.807, 2.05) is 12.1 Å². The van der Waals surface area contributed by atoms with Gasteiger partial charge in [-0.2, -0.15) is 10.5 Å². The Hall–Kier alpha value is -11.7. The van der Waals surface area contributed by atoms with Gasteiger partial charge < -0.3 is 18.3 Å². The van der Waals surface area contributed by atoms with Crippen molar-refractivity contribution in [2.24, 2.45) is 0 Å². The molecule has 4 aromatic heterocycles. The first kappa shape index (κ1) is 46.1. The molecule has 6 heteroatoms. The average molecular weight is 1070 g/mol. The molecule has 0 aliphatic carbocycles. The second-order valence-corrected chi connectivity index (χ2v) is 22.1. The Morgan fingerprint density at radius 2 is 0.500 bits per heavy atom. The van der Waals surface area contributed by atoms with E-state index in [9.17, 15) is 10.5 Å². The molecule has 0 fully saturated rings. The lowest BCUT2D eigenvalue weighted by molar-refractivity contribution is 1.04. The van der Waals surface area contributed by atoms with E-state index in [0.717, 1.165) is 164 Å².